The Kier molecular flexibility index (Phi) is 5.74. The van der Waals surface area contributed by atoms with E-state index in [1.54, 1.807) is 0 Å². The van der Waals surface area contributed by atoms with Gasteiger partial charge >= 0.3 is 6.18 Å². The zero-order chi connectivity index (χ0) is 15.3. The van der Waals surface area contributed by atoms with E-state index in [0.29, 0.717) is 5.92 Å². The standard InChI is InChI=1S/C13H17F3N2OS/c1-8(2)6-20-7-12(19)18-9-3-4-11(17)10(5-9)13(14,15)16/h3-5,8H,6-7,17H2,1-2H3,(H,18,19). The van der Waals surface area contributed by atoms with Gasteiger partial charge in [-0.15, -0.1) is 0 Å². The first-order valence-corrected chi connectivity index (χ1v) is 7.20. The molecule has 0 bridgehead atoms. The van der Waals surface area contributed by atoms with Crippen LogP contribution in [-0.4, -0.2) is 17.4 Å². The number of rotatable bonds is 5. The molecule has 20 heavy (non-hydrogen) atoms. The van der Waals surface area contributed by atoms with Gasteiger partial charge in [-0.1, -0.05) is 13.8 Å². The van der Waals surface area contributed by atoms with E-state index in [4.69, 9.17) is 5.73 Å². The topological polar surface area (TPSA) is 55.1 Å². The summed E-state index contributed by atoms with van der Waals surface area (Å²) in [6, 6.07) is 3.34. The predicted molar refractivity (Wildman–Crippen MR) is 76.6 cm³/mol. The summed E-state index contributed by atoms with van der Waals surface area (Å²) in [5.74, 6) is 1.17. The minimum atomic E-state index is -4.53. The number of thioether (sulfide) groups is 1. The monoisotopic (exact) mass is 306 g/mol. The quantitative estimate of drug-likeness (QED) is 0.817. The van der Waals surface area contributed by atoms with Gasteiger partial charge in [0.15, 0.2) is 0 Å². The summed E-state index contributed by atoms with van der Waals surface area (Å²) < 4.78 is 38.0. The molecule has 7 heteroatoms. The molecule has 3 N–H and O–H groups in total. The van der Waals surface area contributed by atoms with Crippen LogP contribution in [0.15, 0.2) is 18.2 Å². The second-order valence-corrected chi connectivity index (χ2v) is 5.79. The first-order chi connectivity index (χ1) is 9.20. The van der Waals surface area contributed by atoms with E-state index in [1.807, 2.05) is 13.8 Å². The molecule has 0 aliphatic rings. The number of benzene rings is 1. The van der Waals surface area contributed by atoms with Gasteiger partial charge in [0, 0.05) is 11.4 Å². The summed E-state index contributed by atoms with van der Waals surface area (Å²) >= 11 is 1.44. The van der Waals surface area contributed by atoms with Gasteiger partial charge < -0.3 is 11.1 Å². The largest absolute Gasteiger partial charge is 0.418 e. The molecule has 0 aliphatic heterocycles. The summed E-state index contributed by atoms with van der Waals surface area (Å²) in [5.41, 5.74) is 4.09. The van der Waals surface area contributed by atoms with Crippen molar-refractivity contribution in [3.8, 4) is 0 Å². The van der Waals surface area contributed by atoms with Crippen LogP contribution in [0.3, 0.4) is 0 Å². The molecule has 112 valence electrons. The van der Waals surface area contributed by atoms with Gasteiger partial charge in [-0.2, -0.15) is 24.9 Å². The van der Waals surface area contributed by atoms with Crippen molar-refractivity contribution in [3.63, 3.8) is 0 Å². The van der Waals surface area contributed by atoms with E-state index in [9.17, 15) is 18.0 Å². The van der Waals surface area contributed by atoms with Gasteiger partial charge in [0.1, 0.15) is 0 Å². The molecule has 1 aromatic rings. The Labute approximate surface area is 120 Å². The molecule has 0 aliphatic carbocycles. The Balaban J connectivity index is 2.67. The molecule has 1 aromatic carbocycles. The van der Waals surface area contributed by atoms with Crippen LogP contribution in [0.2, 0.25) is 0 Å². The van der Waals surface area contributed by atoms with Crippen LogP contribution in [0.1, 0.15) is 19.4 Å². The minimum absolute atomic E-state index is 0.0988. The molecule has 0 atom stereocenters. The summed E-state index contributed by atoms with van der Waals surface area (Å²) in [7, 11) is 0. The molecule has 0 saturated heterocycles. The van der Waals surface area contributed by atoms with Crippen molar-refractivity contribution in [2.24, 2.45) is 5.92 Å². The zero-order valence-corrected chi connectivity index (χ0v) is 12.1. The molecular formula is C13H17F3N2OS. The number of carbonyl (C=O) groups is 1. The van der Waals surface area contributed by atoms with Crippen LogP contribution in [0.4, 0.5) is 24.5 Å². The van der Waals surface area contributed by atoms with Gasteiger partial charge in [0.2, 0.25) is 5.91 Å². The molecule has 1 rings (SSSR count). The van der Waals surface area contributed by atoms with E-state index in [2.05, 4.69) is 5.32 Å². The lowest BCUT2D eigenvalue weighted by Gasteiger charge is -2.12. The fourth-order valence-corrected chi connectivity index (χ4v) is 2.31. The van der Waals surface area contributed by atoms with Crippen LogP contribution < -0.4 is 11.1 Å². The summed E-state index contributed by atoms with van der Waals surface area (Å²) in [4.78, 5) is 11.6. The van der Waals surface area contributed by atoms with Crippen LogP contribution in [0, 0.1) is 5.92 Å². The number of anilines is 2. The molecule has 0 radical (unpaired) electrons. The molecule has 0 heterocycles. The third kappa shape index (κ3) is 5.32. The second kappa shape index (κ2) is 6.88. The number of alkyl halides is 3. The average Bonchev–Trinajstić information content (AvgIpc) is 2.29. The molecule has 0 fully saturated rings. The summed E-state index contributed by atoms with van der Waals surface area (Å²) in [6.45, 7) is 4.06. The number of nitrogen functional groups attached to an aromatic ring is 1. The Hall–Kier alpha value is -1.37. The van der Waals surface area contributed by atoms with Crippen LogP contribution in [0.25, 0.3) is 0 Å². The summed E-state index contributed by atoms with van der Waals surface area (Å²) in [5, 5.41) is 2.44. The number of carbonyl (C=O) groups excluding carboxylic acids is 1. The maximum absolute atomic E-state index is 12.7. The van der Waals surface area contributed by atoms with Gasteiger partial charge in [-0.05, 0) is 29.9 Å². The van der Waals surface area contributed by atoms with Gasteiger partial charge in [0.25, 0.3) is 0 Å². The number of halogens is 3. The Morgan fingerprint density at radius 2 is 2.05 bits per heavy atom. The highest BCUT2D eigenvalue weighted by Gasteiger charge is 2.33. The second-order valence-electron chi connectivity index (χ2n) is 4.76. The lowest BCUT2D eigenvalue weighted by Crippen LogP contribution is -2.16. The zero-order valence-electron chi connectivity index (χ0n) is 11.3. The minimum Gasteiger partial charge on any atom is -0.398 e. The Bertz CT molecular complexity index is 475. The molecule has 1 amide bonds. The lowest BCUT2D eigenvalue weighted by atomic mass is 10.1. The normalized spacial score (nSPS) is 11.7. The van der Waals surface area contributed by atoms with E-state index in [0.717, 1.165) is 17.9 Å². The van der Waals surface area contributed by atoms with E-state index >= 15 is 0 Å². The van der Waals surface area contributed by atoms with Crippen molar-refractivity contribution in [3.05, 3.63) is 23.8 Å². The van der Waals surface area contributed by atoms with Crippen molar-refractivity contribution in [1.29, 1.82) is 0 Å². The molecular weight excluding hydrogens is 289 g/mol. The number of hydrogen-bond acceptors (Lipinski definition) is 3. The first-order valence-electron chi connectivity index (χ1n) is 6.04. The van der Waals surface area contributed by atoms with Crippen molar-refractivity contribution < 1.29 is 18.0 Å². The first kappa shape index (κ1) is 16.7. The SMILES string of the molecule is CC(C)CSCC(=O)Nc1ccc(N)c(C(F)(F)F)c1. The van der Waals surface area contributed by atoms with E-state index in [1.165, 1.54) is 17.8 Å². The number of nitrogens with one attached hydrogen (secondary N) is 1. The van der Waals surface area contributed by atoms with E-state index < -0.39 is 11.7 Å². The highest BCUT2D eigenvalue weighted by molar-refractivity contribution is 7.99. The van der Waals surface area contributed by atoms with Crippen LogP contribution in [-0.2, 0) is 11.0 Å². The van der Waals surface area contributed by atoms with Crippen molar-refractivity contribution in [2.75, 3.05) is 22.6 Å². The summed E-state index contributed by atoms with van der Waals surface area (Å²) in [6.07, 6.45) is -4.53. The third-order valence-corrected chi connectivity index (χ3v) is 3.70. The Morgan fingerprint density at radius 1 is 1.40 bits per heavy atom. The predicted octanol–water partition coefficient (Wildman–Crippen LogP) is 3.62. The van der Waals surface area contributed by atoms with Crippen LogP contribution >= 0.6 is 11.8 Å². The fourth-order valence-electron chi connectivity index (χ4n) is 1.46. The molecule has 3 nitrogen and oxygen atoms in total. The highest BCUT2D eigenvalue weighted by Crippen LogP contribution is 2.35. The number of hydrogen-bond donors (Lipinski definition) is 2. The van der Waals surface area contributed by atoms with E-state index in [-0.39, 0.29) is 23.0 Å². The maximum Gasteiger partial charge on any atom is 0.418 e. The van der Waals surface area contributed by atoms with Gasteiger partial charge in [0.05, 0.1) is 11.3 Å². The van der Waals surface area contributed by atoms with Crippen molar-refractivity contribution in [2.45, 2.75) is 20.0 Å². The molecule has 0 saturated carbocycles. The average molecular weight is 306 g/mol. The molecule has 0 spiro atoms. The highest BCUT2D eigenvalue weighted by atomic mass is 32.2. The number of amides is 1. The van der Waals surface area contributed by atoms with Crippen LogP contribution in [0.5, 0.6) is 0 Å². The van der Waals surface area contributed by atoms with Crippen molar-refractivity contribution in [1.82, 2.24) is 0 Å². The number of nitrogens with two attached hydrogens (primary N) is 1. The molecule has 0 aromatic heterocycles. The smallest absolute Gasteiger partial charge is 0.398 e. The van der Waals surface area contributed by atoms with Gasteiger partial charge in [-0.3, -0.25) is 4.79 Å². The van der Waals surface area contributed by atoms with Gasteiger partial charge in [-0.25, -0.2) is 0 Å². The Morgan fingerprint density at radius 3 is 2.60 bits per heavy atom. The molecule has 0 unspecified atom stereocenters. The third-order valence-electron chi connectivity index (χ3n) is 2.33. The fraction of sp³-hybridized carbons (Fsp3) is 0.462. The lowest BCUT2D eigenvalue weighted by molar-refractivity contribution is -0.136. The van der Waals surface area contributed by atoms with Crippen molar-refractivity contribution >= 4 is 29.0 Å². The maximum atomic E-state index is 12.7.